The van der Waals surface area contributed by atoms with Gasteiger partial charge in [-0.3, -0.25) is 14.8 Å². The standard InChI is InChI=1S/C29H25F2N5O5.C7H12FN.C2H4O/c1-4-19-22(30)8-5-15-9-18(37)10-20(23(15)19)25-24(31)26-21(11-32-25)27(34-28(33-26)40-3)35-12-16-6-7-17(13-35)36(16)29(38)41-14-39-2;8-6-4-7-2-1-3-9(7)5-6;1-2-3/h1,5,8-11,16-17,37H,6-7,12-14H2,2-3H3;6-7H,1-5H2;2H,1H3/t;6-,7?;/m.1./s1. The van der Waals surface area contributed by atoms with Crippen molar-refractivity contribution in [3.63, 3.8) is 0 Å². The van der Waals surface area contributed by atoms with Gasteiger partial charge in [0.1, 0.15) is 41.1 Å². The lowest BCUT2D eigenvalue weighted by Gasteiger charge is -2.41. The Kier molecular flexibility index (Phi) is 11.5. The molecule has 0 aliphatic carbocycles. The molecular formula is C38H41F3N6O6. The number of alkyl halides is 1. The van der Waals surface area contributed by atoms with Gasteiger partial charge in [0.15, 0.2) is 12.6 Å². The summed E-state index contributed by atoms with van der Waals surface area (Å²) in [6, 6.07) is 5.63. The van der Waals surface area contributed by atoms with E-state index < -0.39 is 23.9 Å². The van der Waals surface area contributed by atoms with E-state index in [-0.39, 0.29) is 58.4 Å². The number of nitrogens with zero attached hydrogens (tertiary/aromatic N) is 6. The molecule has 4 atom stereocenters. The number of piperazine rings is 1. The number of amides is 1. The van der Waals surface area contributed by atoms with E-state index in [1.54, 1.807) is 4.90 Å². The van der Waals surface area contributed by atoms with Crippen LogP contribution in [0.25, 0.3) is 32.9 Å². The second-order valence-corrected chi connectivity index (χ2v) is 13.2. The number of aromatic hydroxyl groups is 1. The van der Waals surface area contributed by atoms with Gasteiger partial charge < -0.3 is 29.0 Å². The summed E-state index contributed by atoms with van der Waals surface area (Å²) in [4.78, 5) is 40.6. The Morgan fingerprint density at radius 3 is 2.49 bits per heavy atom. The molecule has 2 aromatic carbocycles. The van der Waals surface area contributed by atoms with Crippen LogP contribution in [0.2, 0.25) is 0 Å². The maximum atomic E-state index is 16.3. The van der Waals surface area contributed by atoms with Gasteiger partial charge in [0.05, 0.1) is 30.1 Å². The summed E-state index contributed by atoms with van der Waals surface area (Å²) in [7, 11) is 2.82. The van der Waals surface area contributed by atoms with Crippen molar-refractivity contribution in [3.05, 3.63) is 47.7 Å². The molecule has 3 unspecified atom stereocenters. The molecule has 4 aliphatic heterocycles. The number of halogens is 3. The van der Waals surface area contributed by atoms with Crippen LogP contribution in [-0.4, -0.2) is 114 Å². The van der Waals surface area contributed by atoms with Gasteiger partial charge in [-0.1, -0.05) is 12.0 Å². The summed E-state index contributed by atoms with van der Waals surface area (Å²) >= 11 is 0. The van der Waals surface area contributed by atoms with Crippen molar-refractivity contribution in [3.8, 4) is 35.4 Å². The van der Waals surface area contributed by atoms with E-state index in [0.717, 1.165) is 32.1 Å². The van der Waals surface area contributed by atoms with Gasteiger partial charge in [0, 0.05) is 49.9 Å². The molecule has 4 fully saturated rings. The highest BCUT2D eigenvalue weighted by atomic mass is 19.1. The quantitative estimate of drug-likeness (QED) is 0.156. The summed E-state index contributed by atoms with van der Waals surface area (Å²) in [5.41, 5.74) is -0.191. The largest absolute Gasteiger partial charge is 0.508 e. The van der Waals surface area contributed by atoms with Crippen molar-refractivity contribution in [2.75, 3.05) is 52.1 Å². The first-order chi connectivity index (χ1) is 25.6. The number of pyridine rings is 1. The molecule has 0 spiro atoms. The normalized spacial score (nSPS) is 21.7. The number of benzene rings is 2. The summed E-state index contributed by atoms with van der Waals surface area (Å²) in [5.74, 6) is 1.10. The Balaban J connectivity index is 0.000000340. The number of aldehydes is 1. The molecule has 1 N–H and O–H groups in total. The first-order valence-electron chi connectivity index (χ1n) is 17.4. The van der Waals surface area contributed by atoms with Gasteiger partial charge in [0.2, 0.25) is 0 Å². The monoisotopic (exact) mass is 734 g/mol. The average molecular weight is 735 g/mol. The Morgan fingerprint density at radius 1 is 1.09 bits per heavy atom. The topological polar surface area (TPSA) is 130 Å². The number of ether oxygens (including phenoxy) is 3. The number of methoxy groups -OCH3 is 2. The van der Waals surface area contributed by atoms with Crippen LogP contribution in [0.1, 0.15) is 44.6 Å². The minimum Gasteiger partial charge on any atom is -0.508 e. The van der Waals surface area contributed by atoms with Crippen LogP contribution in [0.3, 0.4) is 0 Å². The van der Waals surface area contributed by atoms with E-state index in [9.17, 15) is 18.7 Å². The predicted molar refractivity (Wildman–Crippen MR) is 191 cm³/mol. The Hall–Kier alpha value is -5.20. The highest BCUT2D eigenvalue weighted by Gasteiger charge is 2.44. The summed E-state index contributed by atoms with van der Waals surface area (Å²) in [6.07, 6.45) is 11.7. The van der Waals surface area contributed by atoms with Crippen LogP contribution in [0.5, 0.6) is 11.8 Å². The highest BCUT2D eigenvalue weighted by Crippen LogP contribution is 2.40. The molecule has 0 radical (unpaired) electrons. The molecule has 4 aliphatic rings. The molecule has 2 bridgehead atoms. The van der Waals surface area contributed by atoms with Crippen molar-refractivity contribution in [2.24, 2.45) is 0 Å². The average Bonchev–Trinajstić information content (AvgIpc) is 3.81. The van der Waals surface area contributed by atoms with Crippen LogP contribution >= 0.6 is 0 Å². The Bertz CT molecular complexity index is 2020. The zero-order valence-corrected chi connectivity index (χ0v) is 29.7. The van der Waals surface area contributed by atoms with E-state index in [4.69, 9.17) is 25.4 Å². The van der Waals surface area contributed by atoms with Crippen molar-refractivity contribution in [1.29, 1.82) is 0 Å². The molecule has 12 nitrogen and oxygen atoms in total. The lowest BCUT2D eigenvalue weighted by molar-refractivity contribution is -0.106. The fourth-order valence-corrected chi connectivity index (χ4v) is 7.88. The number of phenolic OH excluding ortho intramolecular Hbond substituents is 1. The van der Waals surface area contributed by atoms with Crippen LogP contribution in [0.4, 0.5) is 23.8 Å². The van der Waals surface area contributed by atoms with Crippen molar-refractivity contribution in [1.82, 2.24) is 24.8 Å². The predicted octanol–water partition coefficient (Wildman–Crippen LogP) is 5.61. The number of aromatic nitrogens is 3. The zero-order chi connectivity index (χ0) is 37.8. The Labute approximate surface area is 304 Å². The minimum atomic E-state index is -0.812. The fourth-order valence-electron chi connectivity index (χ4n) is 7.88. The van der Waals surface area contributed by atoms with Gasteiger partial charge in [-0.25, -0.2) is 18.0 Å². The first-order valence-corrected chi connectivity index (χ1v) is 17.4. The SMILES string of the molecule is C#Cc1c(F)ccc2cc(O)cc(-c3ncc4c(N5CC6CCC(C5)N6C(=O)OCOC)nc(OC)nc4c3F)c12.CC=O.F[C@@H]1CC2CCCN2C1. The molecule has 4 saturated heterocycles. The third-order valence-electron chi connectivity index (χ3n) is 10.0. The van der Waals surface area contributed by atoms with Gasteiger partial charge in [-0.15, -0.1) is 6.42 Å². The first kappa shape index (κ1) is 37.6. The zero-order valence-electron chi connectivity index (χ0n) is 29.7. The molecule has 6 heterocycles. The van der Waals surface area contributed by atoms with Gasteiger partial charge in [-0.2, -0.15) is 9.97 Å². The molecule has 2 aromatic heterocycles. The molecular weight excluding hydrogens is 693 g/mol. The minimum absolute atomic E-state index is 0.0612. The van der Waals surface area contributed by atoms with Crippen LogP contribution in [-0.2, 0) is 14.3 Å². The van der Waals surface area contributed by atoms with E-state index in [0.29, 0.717) is 42.3 Å². The maximum absolute atomic E-state index is 16.3. The third-order valence-corrected chi connectivity index (χ3v) is 10.0. The highest BCUT2D eigenvalue weighted by molar-refractivity contribution is 6.03. The third kappa shape index (κ3) is 7.51. The summed E-state index contributed by atoms with van der Waals surface area (Å²) in [6.45, 7) is 4.03. The van der Waals surface area contributed by atoms with E-state index in [1.165, 1.54) is 64.4 Å². The lowest BCUT2D eigenvalue weighted by atomic mass is 9.96. The van der Waals surface area contributed by atoms with Gasteiger partial charge in [0.25, 0.3) is 0 Å². The van der Waals surface area contributed by atoms with Crippen molar-refractivity contribution < 1.29 is 42.1 Å². The van der Waals surface area contributed by atoms with E-state index in [1.807, 2.05) is 4.90 Å². The van der Waals surface area contributed by atoms with Crippen LogP contribution in [0, 0.1) is 24.0 Å². The van der Waals surface area contributed by atoms with Gasteiger partial charge in [-0.05, 0) is 69.2 Å². The number of carbonyl (C=O) groups excluding carboxylic acids is 2. The summed E-state index contributed by atoms with van der Waals surface area (Å²) in [5, 5.41) is 11.4. The number of phenols is 1. The molecule has 15 heteroatoms. The lowest BCUT2D eigenvalue weighted by Crippen LogP contribution is -2.56. The number of fused-ring (bicyclic) bond motifs is 5. The molecule has 0 saturated carbocycles. The number of hydrogen-bond acceptors (Lipinski definition) is 11. The second-order valence-electron chi connectivity index (χ2n) is 13.2. The summed E-state index contributed by atoms with van der Waals surface area (Å²) < 4.78 is 58.9. The molecule has 53 heavy (non-hydrogen) atoms. The van der Waals surface area contributed by atoms with Crippen molar-refractivity contribution >= 4 is 39.9 Å². The molecule has 280 valence electrons. The van der Waals surface area contributed by atoms with E-state index in [2.05, 4.69) is 25.8 Å². The van der Waals surface area contributed by atoms with Crippen LogP contribution < -0.4 is 9.64 Å². The Morgan fingerprint density at radius 2 is 1.83 bits per heavy atom. The fraction of sp³-hybridized carbons (Fsp3) is 0.447. The van der Waals surface area contributed by atoms with Crippen molar-refractivity contribution in [2.45, 2.75) is 63.3 Å². The number of rotatable bonds is 5. The van der Waals surface area contributed by atoms with Crippen LogP contribution in [0.15, 0.2) is 30.5 Å². The number of terminal acetylenes is 1. The second kappa shape index (κ2) is 16.2. The maximum Gasteiger partial charge on any atom is 0.412 e. The molecule has 1 amide bonds. The number of carbonyl (C=O) groups is 2. The molecule has 4 aromatic rings. The molecule has 8 rings (SSSR count). The number of anilines is 1. The van der Waals surface area contributed by atoms with Gasteiger partial charge >= 0.3 is 12.1 Å². The van der Waals surface area contributed by atoms with E-state index >= 15 is 4.39 Å². The smallest absolute Gasteiger partial charge is 0.412 e. The number of hydrogen-bond donors (Lipinski definition) is 1.